The molecule has 4 heterocycles. The van der Waals surface area contributed by atoms with Crippen molar-refractivity contribution in [2.45, 2.75) is 76.5 Å². The zero-order valence-electron chi connectivity index (χ0n) is 26.5. The van der Waals surface area contributed by atoms with Crippen molar-refractivity contribution < 1.29 is 14.3 Å². The van der Waals surface area contributed by atoms with Gasteiger partial charge in [-0.15, -0.1) is 5.10 Å². The molecule has 2 amide bonds. The summed E-state index contributed by atoms with van der Waals surface area (Å²) in [5, 5.41) is 4.98. The number of aryl methyl sites for hydroxylation is 1. The van der Waals surface area contributed by atoms with E-state index in [0.29, 0.717) is 68.0 Å². The van der Waals surface area contributed by atoms with E-state index in [1.54, 1.807) is 11.0 Å². The first kappa shape index (κ1) is 32.1. The molecule has 0 spiro atoms. The predicted octanol–water partition coefficient (Wildman–Crippen LogP) is 4.51. The van der Waals surface area contributed by atoms with E-state index < -0.39 is 12.2 Å². The van der Waals surface area contributed by atoms with Crippen LogP contribution in [-0.2, 0) is 22.4 Å². The van der Waals surface area contributed by atoms with E-state index in [4.69, 9.17) is 22.1 Å². The van der Waals surface area contributed by atoms with Gasteiger partial charge in [0, 0.05) is 44.2 Å². The lowest BCUT2D eigenvalue weighted by molar-refractivity contribution is -0.142. The first-order chi connectivity index (χ1) is 22.3. The fourth-order valence-corrected chi connectivity index (χ4v) is 7.36. The van der Waals surface area contributed by atoms with Gasteiger partial charge < -0.3 is 25.2 Å². The summed E-state index contributed by atoms with van der Waals surface area (Å²) in [5.74, 6) is 0.345. The first-order valence-corrected chi connectivity index (χ1v) is 17.0. The molecule has 2 aromatic carbocycles. The van der Waals surface area contributed by atoms with Crippen molar-refractivity contribution in [3.05, 3.63) is 69.1 Å². The van der Waals surface area contributed by atoms with Gasteiger partial charge in [-0.25, -0.2) is 14.3 Å². The number of piperidine rings is 2. The predicted molar refractivity (Wildman–Crippen MR) is 178 cm³/mol. The number of rotatable bonds is 8. The van der Waals surface area contributed by atoms with E-state index in [9.17, 15) is 14.4 Å². The van der Waals surface area contributed by atoms with Gasteiger partial charge in [-0.2, -0.15) is 0 Å². The third-order valence-electron chi connectivity index (χ3n) is 9.79. The zero-order valence-corrected chi connectivity index (χ0v) is 27.3. The van der Waals surface area contributed by atoms with Crippen molar-refractivity contribution in [2.24, 2.45) is 0 Å². The number of carbonyl (C=O) groups excluding carboxylic acids is 2. The summed E-state index contributed by atoms with van der Waals surface area (Å²) in [6.07, 6.45) is 4.82. The van der Waals surface area contributed by atoms with Crippen LogP contribution in [0, 0.1) is 0 Å². The summed E-state index contributed by atoms with van der Waals surface area (Å²) in [6, 6.07) is 13.6. The number of benzene rings is 2. The van der Waals surface area contributed by atoms with E-state index in [-0.39, 0.29) is 24.1 Å². The summed E-state index contributed by atoms with van der Waals surface area (Å²) in [6.45, 7) is 6.34. The van der Waals surface area contributed by atoms with E-state index in [1.165, 1.54) is 17.5 Å². The van der Waals surface area contributed by atoms with E-state index in [1.807, 2.05) is 48.2 Å². The maximum atomic E-state index is 14.0. The normalized spacial score (nSPS) is 19.0. The Morgan fingerprint density at radius 3 is 2.30 bits per heavy atom. The number of carbonyl (C=O) groups is 2. The molecule has 0 aliphatic carbocycles. The van der Waals surface area contributed by atoms with Gasteiger partial charge >= 0.3 is 11.8 Å². The molecule has 0 saturated carbocycles. The van der Waals surface area contributed by atoms with Gasteiger partial charge in [0.25, 0.3) is 5.91 Å². The summed E-state index contributed by atoms with van der Waals surface area (Å²) < 4.78 is 7.51. The van der Waals surface area contributed by atoms with Crippen LogP contribution in [0.1, 0.15) is 62.6 Å². The molecule has 1 atom stereocenters. The van der Waals surface area contributed by atoms with Crippen LogP contribution in [0.3, 0.4) is 0 Å². The maximum Gasteiger partial charge on any atom is 0.410 e. The van der Waals surface area contributed by atoms with Crippen LogP contribution in [0.5, 0.6) is 0 Å². The molecule has 1 aromatic heterocycles. The van der Waals surface area contributed by atoms with Crippen molar-refractivity contribution >= 4 is 29.3 Å². The molecule has 0 unspecified atom stereocenters. The van der Waals surface area contributed by atoms with Crippen LogP contribution in [0.15, 0.2) is 47.3 Å². The van der Waals surface area contributed by atoms with Crippen LogP contribution in [0.25, 0.3) is 11.4 Å². The van der Waals surface area contributed by atoms with E-state index >= 15 is 0 Å². The number of amides is 2. The number of nitrogens with zero attached hydrogens (tertiary/aromatic N) is 5. The standard InChI is InChI=1S/C34H44ClN7O4/c1-2-24-20-23(21-28(35)30(24)36)22-29(32(43)40-16-10-26(11-17-40)39-14-6-7-15-39)46-34(45)41-18-12-27(13-19-41)42-33(44)37-31(38-42)25-8-4-3-5-9-25/h3-5,8-9,20-21,26-27,29H,2,6-7,10-19,22,36H2,1H3,(H,37,38,44)/t29-/m1/s1. The summed E-state index contributed by atoms with van der Waals surface area (Å²) in [4.78, 5) is 49.1. The van der Waals surface area contributed by atoms with Gasteiger partial charge in [0.05, 0.1) is 16.8 Å². The second-order valence-electron chi connectivity index (χ2n) is 12.7. The quantitative estimate of drug-likeness (QED) is 0.344. The number of hydrogen-bond donors (Lipinski definition) is 2. The Morgan fingerprint density at radius 2 is 1.63 bits per heavy atom. The molecule has 0 bridgehead atoms. The smallest absolute Gasteiger partial charge is 0.410 e. The Labute approximate surface area is 274 Å². The number of nitrogen functional groups attached to an aromatic ring is 1. The highest BCUT2D eigenvalue weighted by Crippen LogP contribution is 2.28. The molecule has 3 aliphatic heterocycles. The Morgan fingerprint density at radius 1 is 0.978 bits per heavy atom. The van der Waals surface area contributed by atoms with Crippen molar-refractivity contribution in [2.75, 3.05) is 45.0 Å². The van der Waals surface area contributed by atoms with Crippen molar-refractivity contribution in [1.82, 2.24) is 29.5 Å². The number of anilines is 1. The molecule has 6 rings (SSSR count). The highest BCUT2D eigenvalue weighted by atomic mass is 35.5. The molecule has 12 heteroatoms. The average Bonchev–Trinajstić information content (AvgIpc) is 3.77. The van der Waals surface area contributed by atoms with Gasteiger partial charge in [0.2, 0.25) is 0 Å². The Bertz CT molecular complexity index is 1570. The lowest BCUT2D eigenvalue weighted by atomic mass is 9.99. The fraction of sp³-hybridized carbons (Fsp3) is 0.529. The monoisotopic (exact) mass is 649 g/mol. The minimum atomic E-state index is -0.986. The van der Waals surface area contributed by atoms with Crippen LogP contribution < -0.4 is 11.4 Å². The SMILES string of the molecule is CCc1cc(C[C@@H](OC(=O)N2CCC(n3nc(-c4ccccc4)[nH]c3=O)CC2)C(=O)N2CCC(N3CCCC3)CC2)cc(Cl)c1N. The van der Waals surface area contributed by atoms with Crippen LogP contribution >= 0.6 is 11.6 Å². The summed E-state index contributed by atoms with van der Waals surface area (Å²) in [7, 11) is 0. The average molecular weight is 650 g/mol. The second-order valence-corrected chi connectivity index (χ2v) is 13.1. The summed E-state index contributed by atoms with van der Waals surface area (Å²) >= 11 is 6.45. The molecule has 3 N–H and O–H groups in total. The largest absolute Gasteiger partial charge is 0.436 e. The topological polar surface area (TPSA) is 130 Å². The number of halogens is 1. The molecule has 246 valence electrons. The van der Waals surface area contributed by atoms with E-state index in [0.717, 1.165) is 42.6 Å². The molecule has 3 saturated heterocycles. The Balaban J connectivity index is 1.12. The minimum absolute atomic E-state index is 0.149. The third-order valence-corrected chi connectivity index (χ3v) is 10.1. The highest BCUT2D eigenvalue weighted by molar-refractivity contribution is 6.33. The van der Waals surface area contributed by atoms with Gasteiger partial charge in [-0.1, -0.05) is 54.9 Å². The maximum absolute atomic E-state index is 14.0. The zero-order chi connectivity index (χ0) is 32.2. The van der Waals surface area contributed by atoms with Crippen LogP contribution in [-0.4, -0.2) is 92.9 Å². The number of hydrogen-bond acceptors (Lipinski definition) is 7. The minimum Gasteiger partial charge on any atom is -0.436 e. The Kier molecular flexibility index (Phi) is 9.98. The summed E-state index contributed by atoms with van der Waals surface area (Å²) in [5.41, 5.74) is 8.98. The molecular weight excluding hydrogens is 606 g/mol. The van der Waals surface area contributed by atoms with Crippen molar-refractivity contribution in [3.63, 3.8) is 0 Å². The number of likely N-dealkylation sites (tertiary alicyclic amines) is 3. The number of H-pyrrole nitrogens is 1. The highest BCUT2D eigenvalue weighted by Gasteiger charge is 2.35. The van der Waals surface area contributed by atoms with E-state index in [2.05, 4.69) is 15.0 Å². The fourth-order valence-electron chi connectivity index (χ4n) is 7.10. The number of aromatic nitrogens is 3. The second kappa shape index (κ2) is 14.3. The molecule has 46 heavy (non-hydrogen) atoms. The molecule has 3 aliphatic rings. The van der Waals surface area contributed by atoms with Crippen LogP contribution in [0.4, 0.5) is 10.5 Å². The van der Waals surface area contributed by atoms with Crippen molar-refractivity contribution in [1.29, 1.82) is 0 Å². The lowest BCUT2D eigenvalue weighted by Gasteiger charge is -2.38. The molecule has 11 nitrogen and oxygen atoms in total. The van der Waals surface area contributed by atoms with Crippen LogP contribution in [0.2, 0.25) is 5.02 Å². The third kappa shape index (κ3) is 7.10. The van der Waals surface area contributed by atoms with Gasteiger partial charge in [0.15, 0.2) is 11.9 Å². The van der Waals surface area contributed by atoms with Gasteiger partial charge in [0.1, 0.15) is 0 Å². The number of aromatic amines is 1. The molecular formula is C34H44ClN7O4. The number of nitrogens with one attached hydrogen (secondary N) is 1. The number of ether oxygens (including phenoxy) is 1. The number of nitrogens with two attached hydrogens (primary N) is 1. The van der Waals surface area contributed by atoms with Gasteiger partial charge in [-0.05, 0) is 75.2 Å². The molecule has 3 aromatic rings. The molecule has 0 radical (unpaired) electrons. The lowest BCUT2D eigenvalue weighted by Crippen LogP contribution is -2.51. The Hall–Kier alpha value is -3.83. The van der Waals surface area contributed by atoms with Gasteiger partial charge in [-0.3, -0.25) is 9.78 Å². The van der Waals surface area contributed by atoms with Crippen molar-refractivity contribution in [3.8, 4) is 11.4 Å². The first-order valence-electron chi connectivity index (χ1n) is 16.6. The molecule has 3 fully saturated rings.